The molecular weight excluding hydrogens is 284 g/mol. The molecule has 1 aromatic carbocycles. The molecule has 114 valence electrons. The van der Waals surface area contributed by atoms with Crippen molar-refractivity contribution in [3.05, 3.63) is 40.9 Å². The molecule has 0 unspecified atom stereocenters. The monoisotopic (exact) mass is 301 g/mol. The quantitative estimate of drug-likeness (QED) is 0.498. The second kappa shape index (κ2) is 6.61. The Morgan fingerprint density at radius 1 is 1.23 bits per heavy atom. The van der Waals surface area contributed by atoms with E-state index in [-0.39, 0.29) is 17.3 Å². The zero-order chi connectivity index (χ0) is 16.1. The molecule has 0 bridgehead atoms. The van der Waals surface area contributed by atoms with E-state index in [0.29, 0.717) is 16.9 Å². The number of benzene rings is 1. The Bertz CT molecular complexity index is 865. The number of para-hydroxylation sites is 1. The van der Waals surface area contributed by atoms with Gasteiger partial charge in [-0.25, -0.2) is 9.55 Å². The van der Waals surface area contributed by atoms with Crippen LogP contribution in [0.3, 0.4) is 0 Å². The highest BCUT2D eigenvalue weighted by Gasteiger charge is 2.13. The molecule has 0 saturated heterocycles. The number of rotatable bonds is 2. The van der Waals surface area contributed by atoms with Crippen LogP contribution in [0.25, 0.3) is 11.2 Å². The lowest BCUT2D eigenvalue weighted by Gasteiger charge is -1.95. The molecule has 0 atom stereocenters. The second-order valence-corrected chi connectivity index (χ2v) is 4.16. The highest BCUT2D eigenvalue weighted by Crippen LogP contribution is 2.26. The van der Waals surface area contributed by atoms with Crippen molar-refractivity contribution in [2.45, 2.75) is 13.8 Å². The average Bonchev–Trinajstić information content (AvgIpc) is 2.90. The lowest BCUT2D eigenvalue weighted by Crippen LogP contribution is -2.30. The fourth-order valence-electron chi connectivity index (χ4n) is 1.80. The third-order valence-corrected chi connectivity index (χ3v) is 2.76. The van der Waals surface area contributed by atoms with Crippen molar-refractivity contribution in [1.82, 2.24) is 15.0 Å². The fraction of sp³-hybridized carbons (Fsp3) is 0.214. The van der Waals surface area contributed by atoms with Crippen LogP contribution in [0, 0.1) is 0 Å². The predicted molar refractivity (Wildman–Crippen MR) is 81.5 cm³/mol. The topological polar surface area (TPSA) is 110 Å². The van der Waals surface area contributed by atoms with Crippen LogP contribution in [-0.4, -0.2) is 20.1 Å². The van der Waals surface area contributed by atoms with Crippen molar-refractivity contribution in [1.29, 1.82) is 0 Å². The van der Waals surface area contributed by atoms with E-state index >= 15 is 0 Å². The van der Waals surface area contributed by atoms with Crippen molar-refractivity contribution in [2.24, 2.45) is 17.3 Å². The minimum atomic E-state index is -0.315. The molecule has 3 N–H and O–H groups in total. The molecule has 0 radical (unpaired) electrons. The predicted octanol–water partition coefficient (Wildman–Crippen LogP) is 2.22. The number of aromatic nitrogens is 4. The van der Waals surface area contributed by atoms with Gasteiger partial charge < -0.3 is 5.11 Å². The maximum atomic E-state index is 11.9. The number of phenolic OH excluding ortho intramolecular Hbond substituents is 1. The van der Waals surface area contributed by atoms with Gasteiger partial charge in [-0.15, -0.1) is 10.2 Å². The van der Waals surface area contributed by atoms with Gasteiger partial charge in [-0.1, -0.05) is 26.0 Å². The summed E-state index contributed by atoms with van der Waals surface area (Å²) < 4.78 is 1.63. The van der Waals surface area contributed by atoms with Crippen LogP contribution in [0.5, 0.6) is 5.75 Å². The third kappa shape index (κ3) is 3.00. The molecule has 3 aromatic rings. The van der Waals surface area contributed by atoms with E-state index in [4.69, 9.17) is 0 Å². The first kappa shape index (κ1) is 15.4. The zero-order valence-electron chi connectivity index (χ0n) is 12.5. The van der Waals surface area contributed by atoms with Gasteiger partial charge in [-0.05, 0) is 12.1 Å². The first-order valence-electron chi connectivity index (χ1n) is 6.82. The van der Waals surface area contributed by atoms with E-state index in [0.717, 1.165) is 0 Å². The van der Waals surface area contributed by atoms with Crippen LogP contribution in [0.4, 0.5) is 11.6 Å². The van der Waals surface area contributed by atoms with E-state index < -0.39 is 0 Å². The summed E-state index contributed by atoms with van der Waals surface area (Å²) in [6.07, 6.45) is 1.62. The Kier molecular flexibility index (Phi) is 4.62. The highest BCUT2D eigenvalue weighted by molar-refractivity contribution is 5.65. The smallest absolute Gasteiger partial charge is 0.304 e. The van der Waals surface area contributed by atoms with Crippen molar-refractivity contribution in [2.75, 3.05) is 0 Å². The van der Waals surface area contributed by atoms with Crippen molar-refractivity contribution >= 4 is 22.8 Å². The number of H-pyrrole nitrogens is 2. The van der Waals surface area contributed by atoms with Gasteiger partial charge in [0, 0.05) is 0 Å². The molecule has 2 aromatic heterocycles. The van der Waals surface area contributed by atoms with Gasteiger partial charge in [0.2, 0.25) is 6.33 Å². The van der Waals surface area contributed by atoms with Gasteiger partial charge in [-0.3, -0.25) is 9.78 Å². The Hall–Kier alpha value is -3.03. The molecule has 0 saturated carbocycles. The second-order valence-electron chi connectivity index (χ2n) is 4.16. The summed E-state index contributed by atoms with van der Waals surface area (Å²) in [4.78, 5) is 21.4. The molecule has 3 rings (SSSR count). The Morgan fingerprint density at radius 2 is 1.95 bits per heavy atom. The Labute approximate surface area is 126 Å². The van der Waals surface area contributed by atoms with Gasteiger partial charge in [-0.2, -0.15) is 4.98 Å². The van der Waals surface area contributed by atoms with Crippen molar-refractivity contribution < 1.29 is 9.67 Å². The molecule has 22 heavy (non-hydrogen) atoms. The van der Waals surface area contributed by atoms with Gasteiger partial charge in [0.25, 0.3) is 17.1 Å². The zero-order valence-corrected chi connectivity index (χ0v) is 12.5. The van der Waals surface area contributed by atoms with Crippen LogP contribution >= 0.6 is 0 Å². The Balaban J connectivity index is 0.000000847. The number of aromatic amines is 2. The number of aryl methyl sites for hydroxylation is 1. The molecule has 8 nitrogen and oxygen atoms in total. The number of aromatic hydroxyl groups is 1. The van der Waals surface area contributed by atoms with Crippen LogP contribution in [-0.2, 0) is 7.05 Å². The first-order chi connectivity index (χ1) is 10.6. The first-order valence-corrected chi connectivity index (χ1v) is 6.82. The van der Waals surface area contributed by atoms with Crippen LogP contribution in [0.1, 0.15) is 13.8 Å². The number of imidazole rings is 1. The van der Waals surface area contributed by atoms with Gasteiger partial charge in [0.05, 0.1) is 7.05 Å². The normalized spacial score (nSPS) is 10.7. The van der Waals surface area contributed by atoms with E-state index in [1.54, 1.807) is 36.1 Å². The maximum Gasteiger partial charge on any atom is 0.304 e. The third-order valence-electron chi connectivity index (χ3n) is 2.76. The summed E-state index contributed by atoms with van der Waals surface area (Å²) in [5.74, 6) is 0.0687. The van der Waals surface area contributed by atoms with Crippen LogP contribution in [0.2, 0.25) is 0 Å². The summed E-state index contributed by atoms with van der Waals surface area (Å²) in [5.41, 5.74) is 0.825. The van der Waals surface area contributed by atoms with E-state index in [1.807, 2.05) is 13.8 Å². The molecule has 0 aliphatic rings. The largest absolute Gasteiger partial charge is 0.506 e. The molecule has 2 heterocycles. The number of nitrogens with one attached hydrogen (secondary N) is 2. The average molecular weight is 301 g/mol. The van der Waals surface area contributed by atoms with E-state index in [1.165, 1.54) is 6.07 Å². The van der Waals surface area contributed by atoms with Crippen LogP contribution in [0.15, 0.2) is 45.6 Å². The summed E-state index contributed by atoms with van der Waals surface area (Å²) >= 11 is 0. The van der Waals surface area contributed by atoms with Gasteiger partial charge >= 0.3 is 5.56 Å². The minimum absolute atomic E-state index is 0.00551. The van der Waals surface area contributed by atoms with Crippen LogP contribution < -0.4 is 10.1 Å². The summed E-state index contributed by atoms with van der Waals surface area (Å²) in [7, 11) is 1.74. The Morgan fingerprint density at radius 3 is 2.68 bits per heavy atom. The molecule has 8 heteroatoms. The lowest BCUT2D eigenvalue weighted by atomic mass is 10.3. The molecule has 0 amide bonds. The molecule has 0 aliphatic heterocycles. The molecular formula is C14H17N6O2+. The molecule has 0 spiro atoms. The van der Waals surface area contributed by atoms with E-state index in [2.05, 4.69) is 25.2 Å². The summed E-state index contributed by atoms with van der Waals surface area (Å²) in [5, 5.41) is 17.2. The fourth-order valence-corrected chi connectivity index (χ4v) is 1.80. The maximum absolute atomic E-state index is 11.9. The summed E-state index contributed by atoms with van der Waals surface area (Å²) in [6.45, 7) is 4.00. The van der Waals surface area contributed by atoms with Gasteiger partial charge in [0.1, 0.15) is 11.4 Å². The van der Waals surface area contributed by atoms with E-state index in [9.17, 15) is 9.90 Å². The number of azo groups is 1. The van der Waals surface area contributed by atoms with Crippen molar-refractivity contribution in [3.63, 3.8) is 0 Å². The van der Waals surface area contributed by atoms with Gasteiger partial charge in [0.15, 0.2) is 0 Å². The minimum Gasteiger partial charge on any atom is -0.506 e. The number of phenols is 1. The highest BCUT2D eigenvalue weighted by atomic mass is 16.3. The van der Waals surface area contributed by atoms with Crippen molar-refractivity contribution in [3.8, 4) is 5.75 Å². The lowest BCUT2D eigenvalue weighted by molar-refractivity contribution is -0.645. The molecule has 0 aliphatic carbocycles. The molecule has 0 fully saturated rings. The number of hydrogen-bond donors (Lipinski definition) is 3. The SMILES string of the molecule is CC.C[n+]1c[nH]c2nc(N=Nc3ccccc3O)[nH]c(=O)c21. The number of nitrogens with zero attached hydrogens (tertiary/aromatic N) is 4. The summed E-state index contributed by atoms with van der Waals surface area (Å²) in [6, 6.07) is 6.50. The standard InChI is InChI=1S/C12H10N6O2.C2H6/c1-18-6-13-10-9(18)11(20)15-12(14-10)17-16-7-4-2-3-5-8(7)19;1-2/h2-6H,1H3,(H2,14,15,17,19,20);1-2H3/p+1. The number of fused-ring (bicyclic) bond motifs is 1. The number of hydrogen-bond acceptors (Lipinski definition) is 5.